The van der Waals surface area contributed by atoms with Gasteiger partial charge in [0.15, 0.2) is 5.82 Å². The minimum absolute atomic E-state index is 0. The van der Waals surface area contributed by atoms with Gasteiger partial charge < -0.3 is 10.3 Å². The van der Waals surface area contributed by atoms with Gasteiger partial charge in [-0.1, -0.05) is 17.6 Å². The number of rotatable bonds is 3. The summed E-state index contributed by atoms with van der Waals surface area (Å²) in [6, 6.07) is 4.20. The summed E-state index contributed by atoms with van der Waals surface area (Å²) < 4.78 is 5.39. The van der Waals surface area contributed by atoms with Crippen LogP contribution in [0, 0.1) is 0 Å². The van der Waals surface area contributed by atoms with Crippen molar-refractivity contribution < 1.29 is 4.52 Å². The number of hydrogen-bond donors (Lipinski definition) is 1. The molecule has 2 N–H and O–H groups in total. The third-order valence-electron chi connectivity index (χ3n) is 3.63. The van der Waals surface area contributed by atoms with Crippen LogP contribution in [0.1, 0.15) is 48.9 Å². The third-order valence-corrected chi connectivity index (χ3v) is 3.63. The SMILES string of the molecule is Cl.NC1CCCC(c2nc(Cc3cccnc3)no2)C1. The zero-order valence-corrected chi connectivity index (χ0v) is 12.1. The van der Waals surface area contributed by atoms with Gasteiger partial charge in [0, 0.05) is 30.8 Å². The van der Waals surface area contributed by atoms with Crippen LogP contribution >= 0.6 is 12.4 Å². The van der Waals surface area contributed by atoms with Crippen LogP contribution in [-0.2, 0) is 6.42 Å². The second-order valence-corrected chi connectivity index (χ2v) is 5.21. The summed E-state index contributed by atoms with van der Waals surface area (Å²) in [5.41, 5.74) is 7.09. The van der Waals surface area contributed by atoms with Crippen LogP contribution in [0.2, 0.25) is 0 Å². The fourth-order valence-electron chi connectivity index (χ4n) is 2.64. The standard InChI is InChI=1S/C14H18N4O.ClH/c15-12-5-1-4-11(8-12)14-17-13(18-19-14)7-10-3-2-6-16-9-10;/h2-3,6,9,11-12H,1,4-5,7-8,15H2;1H. The Morgan fingerprint density at radius 1 is 1.35 bits per heavy atom. The second kappa shape index (κ2) is 6.81. The minimum atomic E-state index is 0. The molecule has 0 spiro atoms. The van der Waals surface area contributed by atoms with Gasteiger partial charge in [-0.15, -0.1) is 12.4 Å². The molecule has 20 heavy (non-hydrogen) atoms. The molecule has 0 saturated heterocycles. The van der Waals surface area contributed by atoms with Crippen LogP contribution in [0.4, 0.5) is 0 Å². The van der Waals surface area contributed by atoms with Gasteiger partial charge in [0.05, 0.1) is 0 Å². The van der Waals surface area contributed by atoms with Crippen LogP contribution < -0.4 is 5.73 Å². The number of hydrogen-bond acceptors (Lipinski definition) is 5. The van der Waals surface area contributed by atoms with Crippen molar-refractivity contribution in [1.29, 1.82) is 0 Å². The molecule has 0 aliphatic heterocycles. The van der Waals surface area contributed by atoms with Gasteiger partial charge in [0.25, 0.3) is 0 Å². The summed E-state index contributed by atoms with van der Waals surface area (Å²) in [5.74, 6) is 1.80. The average Bonchev–Trinajstić information content (AvgIpc) is 2.88. The van der Waals surface area contributed by atoms with Gasteiger partial charge in [-0.2, -0.15) is 4.98 Å². The van der Waals surface area contributed by atoms with Crippen LogP contribution in [-0.4, -0.2) is 21.2 Å². The quantitative estimate of drug-likeness (QED) is 0.941. The molecule has 0 aromatic carbocycles. The highest BCUT2D eigenvalue weighted by Gasteiger charge is 2.25. The van der Waals surface area contributed by atoms with E-state index in [0.29, 0.717) is 12.3 Å². The number of halogens is 1. The second-order valence-electron chi connectivity index (χ2n) is 5.21. The topological polar surface area (TPSA) is 77.8 Å². The van der Waals surface area contributed by atoms with E-state index in [0.717, 1.165) is 43.0 Å². The van der Waals surface area contributed by atoms with Gasteiger partial charge in [0.2, 0.25) is 5.89 Å². The van der Waals surface area contributed by atoms with Crippen molar-refractivity contribution in [3.05, 3.63) is 41.8 Å². The van der Waals surface area contributed by atoms with E-state index in [4.69, 9.17) is 10.3 Å². The molecule has 2 aromatic rings. The first-order chi connectivity index (χ1) is 9.31. The fourth-order valence-corrected chi connectivity index (χ4v) is 2.64. The minimum Gasteiger partial charge on any atom is -0.339 e. The van der Waals surface area contributed by atoms with Crippen molar-refractivity contribution in [2.75, 3.05) is 0 Å². The summed E-state index contributed by atoms with van der Waals surface area (Å²) in [5, 5.41) is 4.06. The highest BCUT2D eigenvalue weighted by molar-refractivity contribution is 5.85. The van der Waals surface area contributed by atoms with Gasteiger partial charge in [-0.05, 0) is 30.9 Å². The number of aromatic nitrogens is 3. The Morgan fingerprint density at radius 2 is 2.25 bits per heavy atom. The molecule has 0 radical (unpaired) electrons. The van der Waals surface area contributed by atoms with E-state index in [1.807, 2.05) is 18.3 Å². The Balaban J connectivity index is 0.00000147. The van der Waals surface area contributed by atoms with E-state index >= 15 is 0 Å². The van der Waals surface area contributed by atoms with Crippen molar-refractivity contribution >= 4 is 12.4 Å². The normalized spacial score (nSPS) is 22.2. The third kappa shape index (κ3) is 3.55. The zero-order chi connectivity index (χ0) is 13.1. The van der Waals surface area contributed by atoms with Crippen molar-refractivity contribution in [2.45, 2.75) is 44.1 Å². The Bertz CT molecular complexity index is 531. The summed E-state index contributed by atoms with van der Waals surface area (Å²) >= 11 is 0. The highest BCUT2D eigenvalue weighted by Crippen LogP contribution is 2.31. The molecular formula is C14H19ClN4O. The van der Waals surface area contributed by atoms with Gasteiger partial charge in [-0.25, -0.2) is 0 Å². The van der Waals surface area contributed by atoms with Gasteiger partial charge >= 0.3 is 0 Å². The Hall–Kier alpha value is -1.46. The summed E-state index contributed by atoms with van der Waals surface area (Å²) in [6.07, 6.45) is 8.55. The molecule has 1 aliphatic carbocycles. The van der Waals surface area contributed by atoms with E-state index in [2.05, 4.69) is 15.1 Å². The highest BCUT2D eigenvalue weighted by atomic mass is 35.5. The maximum Gasteiger partial charge on any atom is 0.229 e. The van der Waals surface area contributed by atoms with Crippen molar-refractivity contribution in [1.82, 2.24) is 15.1 Å². The predicted molar refractivity (Wildman–Crippen MR) is 77.8 cm³/mol. The van der Waals surface area contributed by atoms with E-state index in [1.165, 1.54) is 0 Å². The summed E-state index contributed by atoms with van der Waals surface area (Å²) in [4.78, 5) is 8.59. The monoisotopic (exact) mass is 294 g/mol. The molecule has 6 heteroatoms. The maximum atomic E-state index is 5.99. The molecule has 2 aromatic heterocycles. The van der Waals surface area contributed by atoms with Crippen molar-refractivity contribution in [2.24, 2.45) is 5.73 Å². The van der Waals surface area contributed by atoms with Crippen LogP contribution in [0.25, 0.3) is 0 Å². The summed E-state index contributed by atoms with van der Waals surface area (Å²) in [6.45, 7) is 0. The van der Waals surface area contributed by atoms with E-state index in [9.17, 15) is 0 Å². The zero-order valence-electron chi connectivity index (χ0n) is 11.2. The Labute approximate surface area is 124 Å². The summed E-state index contributed by atoms with van der Waals surface area (Å²) in [7, 11) is 0. The molecule has 1 fully saturated rings. The van der Waals surface area contributed by atoms with Crippen LogP contribution in [0.5, 0.6) is 0 Å². The lowest BCUT2D eigenvalue weighted by atomic mass is 9.86. The molecule has 3 rings (SSSR count). The van der Waals surface area contributed by atoms with Gasteiger partial charge in [-0.3, -0.25) is 4.98 Å². The average molecular weight is 295 g/mol. The molecule has 2 atom stereocenters. The predicted octanol–water partition coefficient (Wildman–Crippen LogP) is 2.46. The lowest BCUT2D eigenvalue weighted by Crippen LogP contribution is -2.26. The lowest BCUT2D eigenvalue weighted by Gasteiger charge is -2.23. The van der Waals surface area contributed by atoms with E-state index < -0.39 is 0 Å². The van der Waals surface area contributed by atoms with Crippen LogP contribution in [0.3, 0.4) is 0 Å². The largest absolute Gasteiger partial charge is 0.339 e. The van der Waals surface area contributed by atoms with Crippen molar-refractivity contribution in [3.63, 3.8) is 0 Å². The first-order valence-electron chi connectivity index (χ1n) is 6.78. The lowest BCUT2D eigenvalue weighted by molar-refractivity contribution is 0.297. The Kier molecular flexibility index (Phi) is 5.09. The maximum absolute atomic E-state index is 5.99. The van der Waals surface area contributed by atoms with E-state index in [1.54, 1.807) is 6.20 Å². The smallest absolute Gasteiger partial charge is 0.229 e. The molecule has 5 nitrogen and oxygen atoms in total. The number of nitrogens with zero attached hydrogens (tertiary/aromatic N) is 3. The Morgan fingerprint density at radius 3 is 3.00 bits per heavy atom. The molecule has 1 aliphatic rings. The van der Waals surface area contributed by atoms with Crippen LogP contribution in [0.15, 0.2) is 29.0 Å². The van der Waals surface area contributed by atoms with Gasteiger partial charge in [0.1, 0.15) is 0 Å². The molecule has 0 amide bonds. The molecule has 108 valence electrons. The van der Waals surface area contributed by atoms with Crippen molar-refractivity contribution in [3.8, 4) is 0 Å². The number of nitrogens with two attached hydrogens (primary N) is 1. The van der Waals surface area contributed by atoms with E-state index in [-0.39, 0.29) is 18.4 Å². The fraction of sp³-hybridized carbons (Fsp3) is 0.500. The molecule has 2 heterocycles. The number of pyridine rings is 1. The molecule has 0 bridgehead atoms. The molecule has 2 unspecified atom stereocenters. The first kappa shape index (κ1) is 14.9. The first-order valence-corrected chi connectivity index (χ1v) is 6.78. The molecule has 1 saturated carbocycles. The molecular weight excluding hydrogens is 276 g/mol.